The van der Waals surface area contributed by atoms with Crippen LogP contribution in [0.25, 0.3) is 5.65 Å². The zero-order chi connectivity index (χ0) is 16.8. The summed E-state index contributed by atoms with van der Waals surface area (Å²) in [6, 6.07) is 5.49. The van der Waals surface area contributed by atoms with E-state index in [2.05, 4.69) is 9.97 Å². The van der Waals surface area contributed by atoms with Crippen LogP contribution in [0.2, 0.25) is 0 Å². The predicted molar refractivity (Wildman–Crippen MR) is 91.5 cm³/mol. The van der Waals surface area contributed by atoms with Crippen molar-refractivity contribution in [2.75, 3.05) is 6.54 Å². The molecule has 4 rings (SSSR count). The maximum Gasteiger partial charge on any atom is 0.266 e. The average molecular weight is 340 g/mol. The molecule has 0 atom stereocenters. The number of aromatic nitrogens is 3. The number of rotatable bonds is 1. The monoisotopic (exact) mass is 340 g/mol. The molecular weight excluding hydrogens is 324 g/mol. The van der Waals surface area contributed by atoms with E-state index in [4.69, 9.17) is 0 Å². The second-order valence-corrected chi connectivity index (χ2v) is 7.10. The van der Waals surface area contributed by atoms with Crippen LogP contribution in [0.4, 0.5) is 0 Å². The van der Waals surface area contributed by atoms with Gasteiger partial charge < -0.3 is 4.90 Å². The van der Waals surface area contributed by atoms with E-state index >= 15 is 0 Å². The summed E-state index contributed by atoms with van der Waals surface area (Å²) in [6.07, 6.45) is 2.31. The van der Waals surface area contributed by atoms with E-state index in [0.717, 1.165) is 16.4 Å². The van der Waals surface area contributed by atoms with E-state index in [1.54, 1.807) is 17.2 Å². The number of aryl methyl sites for hydroxylation is 2. The van der Waals surface area contributed by atoms with Gasteiger partial charge in [-0.3, -0.25) is 14.0 Å². The molecule has 0 fully saturated rings. The van der Waals surface area contributed by atoms with Gasteiger partial charge in [0, 0.05) is 19.2 Å². The van der Waals surface area contributed by atoms with E-state index in [1.165, 1.54) is 15.7 Å². The van der Waals surface area contributed by atoms with Crippen LogP contribution in [0.15, 0.2) is 29.2 Å². The number of thiazole rings is 1. The molecule has 0 N–H and O–H groups in total. The Hall–Kier alpha value is -2.54. The Morgan fingerprint density at radius 2 is 2.08 bits per heavy atom. The minimum absolute atomic E-state index is 0.0543. The summed E-state index contributed by atoms with van der Waals surface area (Å²) >= 11 is 1.40. The van der Waals surface area contributed by atoms with Gasteiger partial charge in [0.1, 0.15) is 10.5 Å². The molecule has 3 aromatic rings. The largest absolute Gasteiger partial charge is 0.333 e. The van der Waals surface area contributed by atoms with Crippen LogP contribution < -0.4 is 5.56 Å². The number of fused-ring (bicyclic) bond motifs is 2. The molecule has 0 unspecified atom stereocenters. The summed E-state index contributed by atoms with van der Waals surface area (Å²) in [6.45, 7) is 4.60. The van der Waals surface area contributed by atoms with E-state index < -0.39 is 0 Å². The Balaban J connectivity index is 1.73. The standard InChI is InChI=1S/C17H16N4O2S/c1-10-15(24-11(2)18-10)17(23)20-8-6-13-12(9-20)16(22)21-7-4-3-5-14(21)19-13/h3-5,7H,6,8-9H2,1-2H3. The third kappa shape index (κ3) is 2.32. The zero-order valence-electron chi connectivity index (χ0n) is 13.4. The molecule has 3 aromatic heterocycles. The molecule has 0 aliphatic carbocycles. The summed E-state index contributed by atoms with van der Waals surface area (Å²) in [7, 11) is 0. The predicted octanol–water partition coefficient (Wildman–Crippen LogP) is 1.97. The number of carbonyl (C=O) groups excluding carboxylic acids is 1. The van der Waals surface area contributed by atoms with Gasteiger partial charge in [-0.2, -0.15) is 0 Å². The first-order chi connectivity index (χ1) is 11.5. The van der Waals surface area contributed by atoms with Crippen LogP contribution in [0.5, 0.6) is 0 Å². The highest BCUT2D eigenvalue weighted by atomic mass is 32.1. The Labute approximate surface area is 142 Å². The van der Waals surface area contributed by atoms with Gasteiger partial charge in [-0.1, -0.05) is 6.07 Å². The van der Waals surface area contributed by atoms with E-state index in [0.29, 0.717) is 35.6 Å². The van der Waals surface area contributed by atoms with Crippen molar-refractivity contribution in [2.45, 2.75) is 26.8 Å². The topological polar surface area (TPSA) is 67.6 Å². The van der Waals surface area contributed by atoms with Crippen LogP contribution >= 0.6 is 11.3 Å². The van der Waals surface area contributed by atoms with Gasteiger partial charge in [-0.05, 0) is 26.0 Å². The number of amides is 1. The lowest BCUT2D eigenvalue weighted by Crippen LogP contribution is -2.40. The van der Waals surface area contributed by atoms with Gasteiger partial charge in [0.2, 0.25) is 0 Å². The molecule has 24 heavy (non-hydrogen) atoms. The molecule has 122 valence electrons. The zero-order valence-corrected chi connectivity index (χ0v) is 14.3. The molecule has 4 heterocycles. The highest BCUT2D eigenvalue weighted by Crippen LogP contribution is 2.22. The van der Waals surface area contributed by atoms with Crippen LogP contribution in [0, 0.1) is 13.8 Å². The highest BCUT2D eigenvalue weighted by molar-refractivity contribution is 7.13. The number of carbonyl (C=O) groups is 1. The van der Waals surface area contributed by atoms with Gasteiger partial charge in [0.05, 0.1) is 28.5 Å². The van der Waals surface area contributed by atoms with E-state index in [-0.39, 0.29) is 11.5 Å². The van der Waals surface area contributed by atoms with Gasteiger partial charge in [-0.25, -0.2) is 9.97 Å². The van der Waals surface area contributed by atoms with Crippen molar-refractivity contribution < 1.29 is 4.79 Å². The highest BCUT2D eigenvalue weighted by Gasteiger charge is 2.27. The summed E-state index contributed by atoms with van der Waals surface area (Å²) in [5.41, 5.74) is 2.71. The lowest BCUT2D eigenvalue weighted by Gasteiger charge is -2.27. The van der Waals surface area contributed by atoms with Gasteiger partial charge in [-0.15, -0.1) is 11.3 Å². The van der Waals surface area contributed by atoms with Crippen molar-refractivity contribution in [2.24, 2.45) is 0 Å². The summed E-state index contributed by atoms with van der Waals surface area (Å²) in [5, 5.41) is 0.876. The van der Waals surface area contributed by atoms with Crippen molar-refractivity contribution in [1.82, 2.24) is 19.3 Å². The molecule has 0 saturated carbocycles. The molecule has 0 bridgehead atoms. The number of pyridine rings is 1. The second-order valence-electron chi connectivity index (χ2n) is 5.90. The van der Waals surface area contributed by atoms with Gasteiger partial charge >= 0.3 is 0 Å². The maximum atomic E-state index is 12.8. The van der Waals surface area contributed by atoms with Crippen molar-refractivity contribution in [1.29, 1.82) is 0 Å². The van der Waals surface area contributed by atoms with Gasteiger partial charge in [0.25, 0.3) is 11.5 Å². The first-order valence-corrected chi connectivity index (χ1v) is 8.58. The van der Waals surface area contributed by atoms with Crippen molar-refractivity contribution in [3.05, 3.63) is 61.6 Å². The fourth-order valence-corrected chi connectivity index (χ4v) is 3.98. The fourth-order valence-electron chi connectivity index (χ4n) is 3.09. The fraction of sp³-hybridized carbons (Fsp3) is 0.294. The first-order valence-electron chi connectivity index (χ1n) is 7.77. The molecule has 0 aromatic carbocycles. The Kier molecular flexibility index (Phi) is 3.45. The van der Waals surface area contributed by atoms with Crippen molar-refractivity contribution in [3.63, 3.8) is 0 Å². The van der Waals surface area contributed by atoms with E-state index in [1.807, 2.05) is 26.0 Å². The second kappa shape index (κ2) is 5.52. The van der Waals surface area contributed by atoms with Crippen LogP contribution in [0.3, 0.4) is 0 Å². The lowest BCUT2D eigenvalue weighted by molar-refractivity contribution is 0.0736. The summed E-state index contributed by atoms with van der Waals surface area (Å²) in [5.74, 6) is -0.0543. The lowest BCUT2D eigenvalue weighted by atomic mass is 10.1. The molecule has 6 nitrogen and oxygen atoms in total. The van der Waals surface area contributed by atoms with Crippen LogP contribution in [-0.2, 0) is 13.0 Å². The number of nitrogens with zero attached hydrogens (tertiary/aromatic N) is 4. The van der Waals surface area contributed by atoms with Crippen molar-refractivity contribution >= 4 is 22.9 Å². The third-order valence-electron chi connectivity index (χ3n) is 4.27. The molecule has 0 radical (unpaired) electrons. The normalized spacial score (nSPS) is 14.0. The van der Waals surface area contributed by atoms with Crippen LogP contribution in [-0.4, -0.2) is 31.7 Å². The molecule has 1 amide bonds. The summed E-state index contributed by atoms with van der Waals surface area (Å²) in [4.78, 5) is 36.8. The smallest absolute Gasteiger partial charge is 0.266 e. The number of hydrogen-bond acceptors (Lipinski definition) is 5. The average Bonchev–Trinajstić information content (AvgIpc) is 2.92. The third-order valence-corrected chi connectivity index (χ3v) is 5.33. The molecule has 1 aliphatic heterocycles. The maximum absolute atomic E-state index is 12.8. The Morgan fingerprint density at radius 1 is 1.25 bits per heavy atom. The number of hydrogen-bond donors (Lipinski definition) is 0. The minimum Gasteiger partial charge on any atom is -0.333 e. The first kappa shape index (κ1) is 15.0. The quantitative estimate of drug-likeness (QED) is 0.679. The van der Waals surface area contributed by atoms with Crippen molar-refractivity contribution in [3.8, 4) is 0 Å². The molecule has 0 spiro atoms. The summed E-state index contributed by atoms with van der Waals surface area (Å²) < 4.78 is 1.54. The Bertz CT molecular complexity index is 1020. The van der Waals surface area contributed by atoms with E-state index in [9.17, 15) is 9.59 Å². The Morgan fingerprint density at radius 3 is 2.83 bits per heavy atom. The molecular formula is C17H16N4O2S. The molecule has 1 aliphatic rings. The van der Waals surface area contributed by atoms with Crippen LogP contribution in [0.1, 0.15) is 31.6 Å². The SMILES string of the molecule is Cc1nc(C)c(C(=O)N2CCc3nc4ccccn4c(=O)c3C2)s1. The van der Waals surface area contributed by atoms with Gasteiger partial charge in [0.15, 0.2) is 0 Å². The molecule has 7 heteroatoms. The minimum atomic E-state index is -0.0923. The molecule has 0 saturated heterocycles.